The van der Waals surface area contributed by atoms with Crippen molar-refractivity contribution < 1.29 is 29.3 Å². The molecule has 1 saturated carbocycles. The Hall–Kier alpha value is -1.83. The van der Waals surface area contributed by atoms with Crippen molar-refractivity contribution in [3.63, 3.8) is 0 Å². The van der Waals surface area contributed by atoms with Crippen LogP contribution in [0.15, 0.2) is 0 Å². The summed E-state index contributed by atoms with van der Waals surface area (Å²) in [7, 11) is 0. The van der Waals surface area contributed by atoms with Crippen LogP contribution in [-0.2, 0) is 14.3 Å². The molecule has 1 aliphatic heterocycles. The second kappa shape index (κ2) is 6.08. The van der Waals surface area contributed by atoms with Crippen LogP contribution in [0, 0.1) is 5.92 Å². The van der Waals surface area contributed by atoms with E-state index in [0.29, 0.717) is 18.9 Å². The molecule has 0 aromatic heterocycles. The zero-order chi connectivity index (χ0) is 14.7. The Morgan fingerprint density at radius 1 is 1.10 bits per heavy atom. The number of ether oxygens (including phenoxy) is 1. The molecule has 112 valence electrons. The van der Waals surface area contributed by atoms with Crippen LogP contribution in [0.1, 0.15) is 19.3 Å². The molecular formula is C12H18N2O6. The number of rotatable bonds is 6. The molecule has 2 atom stereocenters. The molecule has 0 spiro atoms. The summed E-state index contributed by atoms with van der Waals surface area (Å²) in [6.07, 6.45) is 2.78. The van der Waals surface area contributed by atoms with Crippen molar-refractivity contribution in [3.8, 4) is 0 Å². The maximum atomic E-state index is 12.0. The molecule has 2 rings (SSSR count). The SMILES string of the molecule is O=C(O)CN(CC(=O)O)C(=O)NC1CCOC1C1CC1. The molecule has 0 aromatic carbocycles. The van der Waals surface area contributed by atoms with Crippen molar-refractivity contribution in [1.29, 1.82) is 0 Å². The second-order valence-corrected chi connectivity index (χ2v) is 5.16. The highest BCUT2D eigenvalue weighted by molar-refractivity contribution is 5.84. The number of carboxylic acids is 2. The standard InChI is InChI=1S/C12H18N2O6/c15-9(16)5-14(6-10(17)18)12(19)13-8-3-4-20-11(8)7-1-2-7/h7-8,11H,1-6H2,(H,13,19)(H,15,16)(H,17,18). The molecule has 0 radical (unpaired) electrons. The fourth-order valence-electron chi connectivity index (χ4n) is 2.43. The lowest BCUT2D eigenvalue weighted by Gasteiger charge is -2.24. The Morgan fingerprint density at radius 3 is 2.20 bits per heavy atom. The van der Waals surface area contributed by atoms with E-state index in [1.165, 1.54) is 0 Å². The molecule has 0 bridgehead atoms. The molecule has 2 amide bonds. The van der Waals surface area contributed by atoms with Crippen LogP contribution >= 0.6 is 0 Å². The van der Waals surface area contributed by atoms with E-state index >= 15 is 0 Å². The zero-order valence-corrected chi connectivity index (χ0v) is 10.9. The van der Waals surface area contributed by atoms with Crippen LogP contribution in [0.5, 0.6) is 0 Å². The van der Waals surface area contributed by atoms with E-state index in [1.54, 1.807) is 0 Å². The van der Waals surface area contributed by atoms with Crippen LogP contribution in [0.4, 0.5) is 4.79 Å². The Morgan fingerprint density at radius 2 is 1.70 bits per heavy atom. The van der Waals surface area contributed by atoms with Crippen molar-refractivity contribution >= 4 is 18.0 Å². The van der Waals surface area contributed by atoms with Gasteiger partial charge in [0.15, 0.2) is 0 Å². The lowest BCUT2D eigenvalue weighted by atomic mass is 10.1. The Kier molecular flexibility index (Phi) is 4.43. The number of nitrogens with one attached hydrogen (secondary N) is 1. The summed E-state index contributed by atoms with van der Waals surface area (Å²) in [6.45, 7) is -0.719. The predicted molar refractivity (Wildman–Crippen MR) is 66.2 cm³/mol. The number of carbonyl (C=O) groups is 3. The number of urea groups is 1. The summed E-state index contributed by atoms with van der Waals surface area (Å²) < 4.78 is 5.57. The molecule has 1 aliphatic carbocycles. The molecule has 1 saturated heterocycles. The lowest BCUT2D eigenvalue weighted by molar-refractivity contribution is -0.140. The minimum Gasteiger partial charge on any atom is -0.480 e. The fourth-order valence-corrected chi connectivity index (χ4v) is 2.43. The molecule has 2 unspecified atom stereocenters. The lowest BCUT2D eigenvalue weighted by Crippen LogP contribution is -2.50. The number of carboxylic acid groups (broad SMARTS) is 2. The topological polar surface area (TPSA) is 116 Å². The Bertz CT molecular complexity index is 393. The molecule has 0 aromatic rings. The summed E-state index contributed by atoms with van der Waals surface area (Å²) in [4.78, 5) is 34.1. The maximum absolute atomic E-state index is 12.0. The summed E-state index contributed by atoms with van der Waals surface area (Å²) >= 11 is 0. The molecule has 20 heavy (non-hydrogen) atoms. The molecule has 8 nitrogen and oxygen atoms in total. The molecular weight excluding hydrogens is 268 g/mol. The Balaban J connectivity index is 1.92. The first kappa shape index (κ1) is 14.6. The van der Waals surface area contributed by atoms with E-state index in [9.17, 15) is 14.4 Å². The van der Waals surface area contributed by atoms with Gasteiger partial charge in [-0.3, -0.25) is 9.59 Å². The van der Waals surface area contributed by atoms with Gasteiger partial charge in [0.05, 0.1) is 12.1 Å². The van der Waals surface area contributed by atoms with Crippen molar-refractivity contribution in [3.05, 3.63) is 0 Å². The Labute approximate surface area is 115 Å². The van der Waals surface area contributed by atoms with Gasteiger partial charge in [0, 0.05) is 6.61 Å². The van der Waals surface area contributed by atoms with Crippen molar-refractivity contribution in [2.45, 2.75) is 31.4 Å². The van der Waals surface area contributed by atoms with Crippen LogP contribution in [0.2, 0.25) is 0 Å². The largest absolute Gasteiger partial charge is 0.480 e. The average molecular weight is 286 g/mol. The molecule has 2 aliphatic rings. The third-order valence-corrected chi connectivity index (χ3v) is 3.47. The van der Waals surface area contributed by atoms with Gasteiger partial charge >= 0.3 is 18.0 Å². The summed E-state index contributed by atoms with van der Waals surface area (Å²) in [5.41, 5.74) is 0. The van der Waals surface area contributed by atoms with Gasteiger partial charge in [0.1, 0.15) is 13.1 Å². The number of nitrogens with zero attached hydrogens (tertiary/aromatic N) is 1. The quantitative estimate of drug-likeness (QED) is 0.619. The van der Waals surface area contributed by atoms with E-state index in [2.05, 4.69) is 5.32 Å². The van der Waals surface area contributed by atoms with E-state index in [0.717, 1.165) is 17.7 Å². The van der Waals surface area contributed by atoms with Gasteiger partial charge in [-0.15, -0.1) is 0 Å². The first-order valence-corrected chi connectivity index (χ1v) is 6.58. The van der Waals surface area contributed by atoms with Crippen molar-refractivity contribution in [2.75, 3.05) is 19.7 Å². The molecule has 3 N–H and O–H groups in total. The number of hydrogen-bond donors (Lipinski definition) is 3. The second-order valence-electron chi connectivity index (χ2n) is 5.16. The first-order valence-electron chi connectivity index (χ1n) is 6.58. The fraction of sp³-hybridized carbons (Fsp3) is 0.750. The van der Waals surface area contributed by atoms with E-state index < -0.39 is 31.1 Å². The summed E-state index contributed by atoms with van der Waals surface area (Å²) in [5, 5.41) is 20.1. The predicted octanol–water partition coefficient (Wildman–Crippen LogP) is -0.265. The summed E-state index contributed by atoms with van der Waals surface area (Å²) in [5.74, 6) is -2.04. The van der Waals surface area contributed by atoms with Gasteiger partial charge in [-0.2, -0.15) is 0 Å². The van der Waals surface area contributed by atoms with Crippen LogP contribution in [0.3, 0.4) is 0 Å². The number of hydrogen-bond acceptors (Lipinski definition) is 4. The minimum absolute atomic E-state index is 0.0320. The number of carbonyl (C=O) groups excluding carboxylic acids is 1. The molecule has 1 heterocycles. The third kappa shape index (κ3) is 3.83. The normalized spacial score (nSPS) is 25.2. The van der Waals surface area contributed by atoms with Crippen molar-refractivity contribution in [1.82, 2.24) is 10.2 Å². The van der Waals surface area contributed by atoms with E-state index in [4.69, 9.17) is 14.9 Å². The highest BCUT2D eigenvalue weighted by atomic mass is 16.5. The van der Waals surface area contributed by atoms with E-state index in [-0.39, 0.29) is 12.1 Å². The molecule has 2 fully saturated rings. The maximum Gasteiger partial charge on any atom is 0.323 e. The van der Waals surface area contributed by atoms with E-state index in [1.807, 2.05) is 0 Å². The smallest absolute Gasteiger partial charge is 0.323 e. The number of amides is 2. The van der Waals surface area contributed by atoms with Crippen LogP contribution < -0.4 is 5.32 Å². The first-order chi connectivity index (χ1) is 9.47. The average Bonchev–Trinajstić information content (AvgIpc) is 3.08. The van der Waals surface area contributed by atoms with Gasteiger partial charge in [-0.1, -0.05) is 0 Å². The zero-order valence-electron chi connectivity index (χ0n) is 10.9. The van der Waals surface area contributed by atoms with Gasteiger partial charge in [-0.05, 0) is 25.2 Å². The van der Waals surface area contributed by atoms with Crippen LogP contribution in [0.25, 0.3) is 0 Å². The summed E-state index contributed by atoms with van der Waals surface area (Å²) in [6, 6.07) is -0.837. The highest BCUT2D eigenvalue weighted by Crippen LogP contribution is 2.38. The van der Waals surface area contributed by atoms with Gasteiger partial charge in [-0.25, -0.2) is 4.79 Å². The number of aliphatic carboxylic acids is 2. The van der Waals surface area contributed by atoms with Gasteiger partial charge < -0.3 is 25.2 Å². The highest BCUT2D eigenvalue weighted by Gasteiger charge is 2.41. The monoisotopic (exact) mass is 286 g/mol. The minimum atomic E-state index is -1.25. The van der Waals surface area contributed by atoms with Crippen LogP contribution in [-0.4, -0.2) is 64.9 Å². The third-order valence-electron chi connectivity index (χ3n) is 3.47. The van der Waals surface area contributed by atoms with Crippen molar-refractivity contribution in [2.24, 2.45) is 5.92 Å². The molecule has 8 heteroatoms. The van der Waals surface area contributed by atoms with Gasteiger partial charge in [0.2, 0.25) is 0 Å². The van der Waals surface area contributed by atoms with Gasteiger partial charge in [0.25, 0.3) is 0 Å².